The van der Waals surface area contributed by atoms with Crippen LogP contribution in [0.5, 0.6) is 5.75 Å². The minimum Gasteiger partial charge on any atom is -0.491 e. The normalized spacial score (nSPS) is 13.9. The average Bonchev–Trinajstić information content (AvgIpc) is 2.49. The summed E-state index contributed by atoms with van der Waals surface area (Å²) in [5.74, 6) is 0.812. The largest absolute Gasteiger partial charge is 0.491 e. The molecule has 0 aliphatic rings. The molecule has 2 atom stereocenters. The first-order chi connectivity index (χ1) is 10.1. The minimum atomic E-state index is -0.468. The van der Waals surface area contributed by atoms with Crippen molar-refractivity contribution in [3.63, 3.8) is 0 Å². The third-order valence-electron chi connectivity index (χ3n) is 3.66. The second kappa shape index (κ2) is 10.6. The first kappa shape index (κ1) is 18.0. The lowest BCUT2D eigenvalue weighted by Gasteiger charge is -2.17. The molecule has 21 heavy (non-hydrogen) atoms. The molecular formula is C18H31NO2. The van der Waals surface area contributed by atoms with Crippen LogP contribution in [0.15, 0.2) is 24.3 Å². The smallest absolute Gasteiger partial charge is 0.119 e. The van der Waals surface area contributed by atoms with Crippen molar-refractivity contribution in [2.45, 2.75) is 65.0 Å². The lowest BCUT2D eigenvalue weighted by Crippen LogP contribution is -2.36. The molecule has 0 saturated heterocycles. The molecule has 3 nitrogen and oxygen atoms in total. The monoisotopic (exact) mass is 293 g/mol. The van der Waals surface area contributed by atoms with E-state index in [0.717, 1.165) is 5.75 Å². The van der Waals surface area contributed by atoms with Gasteiger partial charge in [0.25, 0.3) is 0 Å². The SMILES string of the molecule is CCCCCCC(C)NCC(O)COc1ccc(C)cc1. The van der Waals surface area contributed by atoms with E-state index in [-0.39, 0.29) is 0 Å². The molecule has 0 bridgehead atoms. The maximum Gasteiger partial charge on any atom is 0.119 e. The Labute approximate surface area is 129 Å². The molecule has 2 unspecified atom stereocenters. The van der Waals surface area contributed by atoms with Gasteiger partial charge in [-0.05, 0) is 32.4 Å². The second-order valence-electron chi connectivity index (χ2n) is 5.94. The fraction of sp³-hybridized carbons (Fsp3) is 0.667. The number of hydrogen-bond acceptors (Lipinski definition) is 3. The number of hydrogen-bond donors (Lipinski definition) is 2. The number of rotatable bonds is 11. The average molecular weight is 293 g/mol. The molecule has 1 aromatic carbocycles. The van der Waals surface area contributed by atoms with Crippen LogP contribution < -0.4 is 10.1 Å². The Kier molecular flexibility index (Phi) is 9.11. The maximum atomic E-state index is 9.94. The molecule has 0 aliphatic carbocycles. The summed E-state index contributed by atoms with van der Waals surface area (Å²) in [5.41, 5.74) is 1.21. The molecule has 120 valence electrons. The highest BCUT2D eigenvalue weighted by Gasteiger charge is 2.08. The number of benzene rings is 1. The van der Waals surface area contributed by atoms with Gasteiger partial charge in [0.05, 0.1) is 0 Å². The summed E-state index contributed by atoms with van der Waals surface area (Å²) in [5, 5.41) is 13.3. The molecule has 0 aliphatic heterocycles. The summed E-state index contributed by atoms with van der Waals surface area (Å²) in [6.07, 6.45) is 5.87. The van der Waals surface area contributed by atoms with Gasteiger partial charge in [0.1, 0.15) is 18.5 Å². The highest BCUT2D eigenvalue weighted by Crippen LogP contribution is 2.11. The lowest BCUT2D eigenvalue weighted by molar-refractivity contribution is 0.104. The summed E-state index contributed by atoms with van der Waals surface area (Å²) in [6.45, 7) is 7.37. The van der Waals surface area contributed by atoms with Gasteiger partial charge in [-0.25, -0.2) is 0 Å². The number of aliphatic hydroxyl groups excluding tert-OH is 1. The number of aliphatic hydroxyl groups is 1. The molecule has 1 aromatic rings. The van der Waals surface area contributed by atoms with Crippen molar-refractivity contribution in [3.05, 3.63) is 29.8 Å². The molecule has 0 fully saturated rings. The van der Waals surface area contributed by atoms with Crippen molar-refractivity contribution in [1.82, 2.24) is 5.32 Å². The van der Waals surface area contributed by atoms with E-state index in [9.17, 15) is 5.11 Å². The van der Waals surface area contributed by atoms with E-state index in [2.05, 4.69) is 19.2 Å². The summed E-state index contributed by atoms with van der Waals surface area (Å²) in [4.78, 5) is 0. The minimum absolute atomic E-state index is 0.332. The molecule has 0 radical (unpaired) electrons. The zero-order valence-corrected chi connectivity index (χ0v) is 13.8. The standard InChI is InChI=1S/C18H31NO2/c1-4-5-6-7-8-16(3)19-13-17(20)14-21-18-11-9-15(2)10-12-18/h9-12,16-17,19-20H,4-8,13-14H2,1-3H3. The van der Waals surface area contributed by atoms with Crippen molar-refractivity contribution < 1.29 is 9.84 Å². The number of unbranched alkanes of at least 4 members (excludes halogenated alkanes) is 3. The third-order valence-corrected chi connectivity index (χ3v) is 3.66. The first-order valence-electron chi connectivity index (χ1n) is 8.22. The Bertz CT molecular complexity index is 364. The fourth-order valence-electron chi connectivity index (χ4n) is 2.20. The molecule has 2 N–H and O–H groups in total. The predicted molar refractivity (Wildman–Crippen MR) is 88.9 cm³/mol. The van der Waals surface area contributed by atoms with E-state index in [4.69, 9.17) is 4.74 Å². The van der Waals surface area contributed by atoms with Crippen molar-refractivity contribution in [2.75, 3.05) is 13.2 Å². The Morgan fingerprint density at radius 3 is 2.52 bits per heavy atom. The van der Waals surface area contributed by atoms with E-state index >= 15 is 0 Å². The lowest BCUT2D eigenvalue weighted by atomic mass is 10.1. The van der Waals surface area contributed by atoms with Crippen LogP contribution in [0.1, 0.15) is 51.5 Å². The highest BCUT2D eigenvalue weighted by atomic mass is 16.5. The van der Waals surface area contributed by atoms with Crippen LogP contribution in [0.25, 0.3) is 0 Å². The zero-order valence-electron chi connectivity index (χ0n) is 13.8. The first-order valence-corrected chi connectivity index (χ1v) is 8.22. The van der Waals surface area contributed by atoms with Crippen LogP contribution in [0, 0.1) is 6.92 Å². The maximum absolute atomic E-state index is 9.94. The van der Waals surface area contributed by atoms with Crippen molar-refractivity contribution >= 4 is 0 Å². The Hall–Kier alpha value is -1.06. The van der Waals surface area contributed by atoms with Gasteiger partial charge in [0.15, 0.2) is 0 Å². The zero-order chi connectivity index (χ0) is 15.5. The van der Waals surface area contributed by atoms with Crippen LogP contribution in [0.3, 0.4) is 0 Å². The van der Waals surface area contributed by atoms with Crippen molar-refractivity contribution in [3.8, 4) is 5.75 Å². The van der Waals surface area contributed by atoms with E-state index in [1.54, 1.807) is 0 Å². The molecule has 0 amide bonds. The van der Waals surface area contributed by atoms with Crippen LogP contribution in [0.2, 0.25) is 0 Å². The highest BCUT2D eigenvalue weighted by molar-refractivity contribution is 5.26. The van der Waals surface area contributed by atoms with Crippen molar-refractivity contribution in [2.24, 2.45) is 0 Å². The van der Waals surface area contributed by atoms with E-state index in [0.29, 0.717) is 19.2 Å². The van der Waals surface area contributed by atoms with Gasteiger partial charge >= 0.3 is 0 Å². The molecule has 0 aromatic heterocycles. The van der Waals surface area contributed by atoms with Crippen molar-refractivity contribution in [1.29, 1.82) is 0 Å². The van der Waals surface area contributed by atoms with Gasteiger partial charge in [0.2, 0.25) is 0 Å². The third kappa shape index (κ3) is 8.74. The molecule has 1 rings (SSSR count). The number of aryl methyl sites for hydroxylation is 1. The fourth-order valence-corrected chi connectivity index (χ4v) is 2.20. The van der Waals surface area contributed by atoms with Gasteiger partial charge in [-0.15, -0.1) is 0 Å². The van der Waals surface area contributed by atoms with E-state index in [1.807, 2.05) is 31.2 Å². The molecule has 3 heteroatoms. The topological polar surface area (TPSA) is 41.5 Å². The summed E-state index contributed by atoms with van der Waals surface area (Å²) < 4.78 is 5.58. The summed E-state index contributed by atoms with van der Waals surface area (Å²) in [6, 6.07) is 8.35. The second-order valence-corrected chi connectivity index (χ2v) is 5.94. The van der Waals surface area contributed by atoms with Gasteiger partial charge in [-0.2, -0.15) is 0 Å². The quantitative estimate of drug-likeness (QED) is 0.612. The predicted octanol–water partition coefficient (Wildman–Crippen LogP) is 3.68. The van der Waals surface area contributed by atoms with Gasteiger partial charge in [0, 0.05) is 12.6 Å². The molecule has 0 spiro atoms. The molecular weight excluding hydrogens is 262 g/mol. The Balaban J connectivity index is 2.10. The van der Waals surface area contributed by atoms with Gasteiger partial charge in [-0.3, -0.25) is 0 Å². The Morgan fingerprint density at radius 2 is 1.86 bits per heavy atom. The van der Waals surface area contributed by atoms with Crippen LogP contribution in [0.4, 0.5) is 0 Å². The summed E-state index contributed by atoms with van der Waals surface area (Å²) >= 11 is 0. The number of ether oxygens (including phenoxy) is 1. The summed E-state index contributed by atoms with van der Waals surface area (Å²) in [7, 11) is 0. The Morgan fingerprint density at radius 1 is 1.14 bits per heavy atom. The van der Waals surface area contributed by atoms with E-state index in [1.165, 1.54) is 37.7 Å². The van der Waals surface area contributed by atoms with Crippen LogP contribution in [-0.2, 0) is 0 Å². The van der Waals surface area contributed by atoms with E-state index < -0.39 is 6.10 Å². The van der Waals surface area contributed by atoms with Crippen LogP contribution in [-0.4, -0.2) is 30.4 Å². The van der Waals surface area contributed by atoms with Gasteiger partial charge < -0.3 is 15.2 Å². The van der Waals surface area contributed by atoms with Gasteiger partial charge in [-0.1, -0.05) is 50.3 Å². The molecule has 0 saturated carbocycles. The number of nitrogens with one attached hydrogen (secondary N) is 1. The molecule has 0 heterocycles. The van der Waals surface area contributed by atoms with Crippen LogP contribution >= 0.6 is 0 Å².